The molecule has 0 aliphatic heterocycles. The highest BCUT2D eigenvalue weighted by Gasteiger charge is 2.27. The van der Waals surface area contributed by atoms with Crippen LogP contribution in [0.4, 0.5) is 16.3 Å². The summed E-state index contributed by atoms with van der Waals surface area (Å²) in [6.07, 6.45) is 0.759. The van der Waals surface area contributed by atoms with E-state index in [4.69, 9.17) is 9.84 Å². The standard InChI is InChI=1S/C20H19N3O4/c1-20(2,3)27-19(26)23(14-10-8-13(9-11-14)18(24)25)17-15-6-4-5-7-16(15)21-12-22-17/h4-12H,1-3H3,(H,24,25). The van der Waals surface area contributed by atoms with Gasteiger partial charge in [-0.05, 0) is 57.2 Å². The summed E-state index contributed by atoms with van der Waals surface area (Å²) < 4.78 is 5.55. The van der Waals surface area contributed by atoms with E-state index in [9.17, 15) is 9.59 Å². The molecule has 1 amide bonds. The molecule has 2 aromatic carbocycles. The van der Waals surface area contributed by atoms with E-state index in [1.807, 2.05) is 24.3 Å². The maximum Gasteiger partial charge on any atom is 0.420 e. The molecular formula is C20H19N3O4. The van der Waals surface area contributed by atoms with Gasteiger partial charge in [-0.3, -0.25) is 0 Å². The molecule has 138 valence electrons. The normalized spacial score (nSPS) is 11.2. The lowest BCUT2D eigenvalue weighted by molar-refractivity contribution is 0.0597. The summed E-state index contributed by atoms with van der Waals surface area (Å²) in [5.74, 6) is -0.684. The fourth-order valence-electron chi connectivity index (χ4n) is 2.54. The Bertz CT molecular complexity index is 989. The van der Waals surface area contributed by atoms with Gasteiger partial charge in [0.05, 0.1) is 16.8 Å². The number of carboxylic acid groups (broad SMARTS) is 1. The summed E-state index contributed by atoms with van der Waals surface area (Å²) in [5, 5.41) is 9.78. The number of anilines is 2. The van der Waals surface area contributed by atoms with E-state index < -0.39 is 17.7 Å². The van der Waals surface area contributed by atoms with Crippen molar-refractivity contribution in [1.29, 1.82) is 0 Å². The monoisotopic (exact) mass is 365 g/mol. The number of nitrogens with zero attached hydrogens (tertiary/aromatic N) is 3. The predicted octanol–water partition coefficient (Wildman–Crippen LogP) is 4.40. The van der Waals surface area contributed by atoms with E-state index in [1.165, 1.54) is 23.4 Å². The van der Waals surface area contributed by atoms with Crippen LogP contribution in [0.1, 0.15) is 31.1 Å². The lowest BCUT2D eigenvalue weighted by atomic mass is 10.1. The summed E-state index contributed by atoms with van der Waals surface area (Å²) in [6, 6.07) is 13.3. The number of aromatic carboxylic acids is 1. The number of carbonyl (C=O) groups is 2. The molecule has 0 aliphatic rings. The zero-order chi connectivity index (χ0) is 19.6. The summed E-state index contributed by atoms with van der Waals surface area (Å²) >= 11 is 0. The van der Waals surface area contributed by atoms with Gasteiger partial charge in [0.2, 0.25) is 0 Å². The maximum atomic E-state index is 12.9. The second kappa shape index (κ2) is 7.03. The summed E-state index contributed by atoms with van der Waals surface area (Å²) in [5.41, 5.74) is 0.533. The van der Waals surface area contributed by atoms with Crippen molar-refractivity contribution in [3.63, 3.8) is 0 Å². The van der Waals surface area contributed by atoms with E-state index in [-0.39, 0.29) is 5.56 Å². The van der Waals surface area contributed by atoms with Crippen molar-refractivity contribution in [2.45, 2.75) is 26.4 Å². The highest BCUT2D eigenvalue weighted by atomic mass is 16.6. The fraction of sp³-hybridized carbons (Fsp3) is 0.200. The Morgan fingerprint density at radius 2 is 1.67 bits per heavy atom. The molecule has 0 fully saturated rings. The first-order valence-corrected chi connectivity index (χ1v) is 8.32. The molecular weight excluding hydrogens is 346 g/mol. The Hall–Kier alpha value is -3.48. The molecule has 0 spiro atoms. The van der Waals surface area contributed by atoms with Gasteiger partial charge in [0.25, 0.3) is 0 Å². The quantitative estimate of drug-likeness (QED) is 0.739. The van der Waals surface area contributed by atoms with Crippen LogP contribution in [0.15, 0.2) is 54.9 Å². The zero-order valence-corrected chi connectivity index (χ0v) is 15.2. The van der Waals surface area contributed by atoms with Crippen LogP contribution in [0.5, 0.6) is 0 Å². The number of amides is 1. The average molecular weight is 365 g/mol. The zero-order valence-electron chi connectivity index (χ0n) is 15.2. The molecule has 1 N–H and O–H groups in total. The van der Waals surface area contributed by atoms with Crippen LogP contribution in [0.3, 0.4) is 0 Å². The lowest BCUT2D eigenvalue weighted by Crippen LogP contribution is -2.34. The van der Waals surface area contributed by atoms with Gasteiger partial charge < -0.3 is 9.84 Å². The van der Waals surface area contributed by atoms with Crippen molar-refractivity contribution in [2.24, 2.45) is 0 Å². The molecule has 0 unspecified atom stereocenters. The number of ether oxygens (including phenoxy) is 1. The highest BCUT2D eigenvalue weighted by Crippen LogP contribution is 2.31. The molecule has 3 aromatic rings. The molecule has 7 heteroatoms. The van der Waals surface area contributed by atoms with E-state index in [2.05, 4.69) is 9.97 Å². The van der Waals surface area contributed by atoms with Crippen LogP contribution >= 0.6 is 0 Å². The number of para-hydroxylation sites is 1. The van der Waals surface area contributed by atoms with E-state index in [1.54, 1.807) is 32.9 Å². The molecule has 0 bridgehead atoms. The SMILES string of the molecule is CC(C)(C)OC(=O)N(c1ccc(C(=O)O)cc1)c1ncnc2ccccc12. The van der Waals surface area contributed by atoms with Gasteiger partial charge in [0, 0.05) is 5.39 Å². The van der Waals surface area contributed by atoms with Crippen molar-refractivity contribution in [2.75, 3.05) is 4.90 Å². The lowest BCUT2D eigenvalue weighted by Gasteiger charge is -2.27. The first-order valence-electron chi connectivity index (χ1n) is 8.32. The topological polar surface area (TPSA) is 92.6 Å². The van der Waals surface area contributed by atoms with E-state index in [0.717, 1.165) is 0 Å². The first kappa shape index (κ1) is 18.3. The molecule has 0 saturated carbocycles. The Morgan fingerprint density at radius 1 is 1.00 bits per heavy atom. The number of aromatic nitrogens is 2. The van der Waals surface area contributed by atoms with Gasteiger partial charge in [-0.2, -0.15) is 0 Å². The van der Waals surface area contributed by atoms with Gasteiger partial charge >= 0.3 is 12.1 Å². The van der Waals surface area contributed by atoms with Gasteiger partial charge in [-0.25, -0.2) is 24.5 Å². The summed E-state index contributed by atoms with van der Waals surface area (Å²) in [6.45, 7) is 5.32. The third-order valence-electron chi connectivity index (χ3n) is 3.68. The number of carboxylic acids is 1. The van der Waals surface area contributed by atoms with Gasteiger partial charge in [-0.15, -0.1) is 0 Å². The van der Waals surface area contributed by atoms with Crippen LogP contribution in [-0.4, -0.2) is 32.7 Å². The Labute approximate surface area is 156 Å². The second-order valence-corrected chi connectivity index (χ2v) is 6.88. The summed E-state index contributed by atoms with van der Waals surface area (Å²) in [7, 11) is 0. The van der Waals surface area contributed by atoms with Gasteiger partial charge in [0.1, 0.15) is 11.9 Å². The molecule has 7 nitrogen and oxygen atoms in total. The third kappa shape index (κ3) is 4.03. The highest BCUT2D eigenvalue weighted by molar-refractivity contribution is 6.03. The average Bonchev–Trinajstić information content (AvgIpc) is 2.61. The number of fused-ring (bicyclic) bond motifs is 1. The van der Waals surface area contributed by atoms with E-state index in [0.29, 0.717) is 22.4 Å². The predicted molar refractivity (Wildman–Crippen MR) is 101 cm³/mol. The van der Waals surface area contributed by atoms with Crippen LogP contribution in [0, 0.1) is 0 Å². The molecule has 0 radical (unpaired) electrons. The van der Waals surface area contributed by atoms with Crippen LogP contribution in [0.25, 0.3) is 10.9 Å². The van der Waals surface area contributed by atoms with Crippen molar-refractivity contribution >= 4 is 34.5 Å². The van der Waals surface area contributed by atoms with Gasteiger partial charge in [-0.1, -0.05) is 12.1 Å². The Kier molecular flexibility index (Phi) is 4.77. The smallest absolute Gasteiger partial charge is 0.420 e. The van der Waals surface area contributed by atoms with Gasteiger partial charge in [0.15, 0.2) is 5.82 Å². The van der Waals surface area contributed by atoms with Crippen molar-refractivity contribution in [3.8, 4) is 0 Å². The van der Waals surface area contributed by atoms with Crippen molar-refractivity contribution in [3.05, 3.63) is 60.4 Å². The third-order valence-corrected chi connectivity index (χ3v) is 3.68. The number of hydrogen-bond donors (Lipinski definition) is 1. The molecule has 3 rings (SSSR count). The minimum Gasteiger partial charge on any atom is -0.478 e. The summed E-state index contributed by atoms with van der Waals surface area (Å²) in [4.78, 5) is 33.9. The van der Waals surface area contributed by atoms with Crippen LogP contribution in [-0.2, 0) is 4.74 Å². The van der Waals surface area contributed by atoms with Crippen LogP contribution < -0.4 is 4.90 Å². The van der Waals surface area contributed by atoms with Crippen molar-refractivity contribution in [1.82, 2.24) is 9.97 Å². The molecule has 1 aromatic heterocycles. The van der Waals surface area contributed by atoms with Crippen molar-refractivity contribution < 1.29 is 19.4 Å². The molecule has 27 heavy (non-hydrogen) atoms. The number of carbonyl (C=O) groups excluding carboxylic acids is 1. The van der Waals surface area contributed by atoms with E-state index >= 15 is 0 Å². The first-order chi connectivity index (χ1) is 12.8. The van der Waals surface area contributed by atoms with Crippen LogP contribution in [0.2, 0.25) is 0 Å². The second-order valence-electron chi connectivity index (χ2n) is 6.88. The molecule has 0 atom stereocenters. The minimum atomic E-state index is -1.04. The molecule has 0 aliphatic carbocycles. The maximum absolute atomic E-state index is 12.9. The fourth-order valence-corrected chi connectivity index (χ4v) is 2.54. The Morgan fingerprint density at radius 3 is 2.30 bits per heavy atom. The largest absolute Gasteiger partial charge is 0.478 e. The molecule has 0 saturated heterocycles. The number of hydrogen-bond acceptors (Lipinski definition) is 5. The minimum absolute atomic E-state index is 0.121. The number of rotatable bonds is 3. The Balaban J connectivity index is 2.15. The molecule has 1 heterocycles. The number of benzene rings is 2.